The molecule has 0 aromatic carbocycles. The van der Waals surface area contributed by atoms with Crippen molar-refractivity contribution in [2.24, 2.45) is 0 Å². The molecule has 112 valence electrons. The number of nitrogens with zero attached hydrogens (tertiary/aromatic N) is 1. The molecule has 0 aliphatic heterocycles. The van der Waals surface area contributed by atoms with Crippen molar-refractivity contribution in [3.05, 3.63) is 0 Å². The van der Waals surface area contributed by atoms with E-state index in [1.54, 1.807) is 0 Å². The van der Waals surface area contributed by atoms with Gasteiger partial charge in [-0.2, -0.15) is 0 Å². The number of carbonyl (C=O) groups excluding carboxylic acids is 2. The number of carboxylic acid groups (broad SMARTS) is 2. The number of carboxylic acids is 2. The molecule has 0 N–H and O–H groups in total. The largest absolute Gasteiger partial charge is 1.00 e. The molecular formula is C14H25NNa2O4. The molecule has 0 bridgehead atoms. The fraction of sp³-hybridized carbons (Fsp3) is 0.857. The van der Waals surface area contributed by atoms with Crippen LogP contribution >= 0.6 is 0 Å². The Bertz CT molecular complexity index is 249. The predicted molar refractivity (Wildman–Crippen MR) is 69.1 cm³/mol. The van der Waals surface area contributed by atoms with E-state index in [-0.39, 0.29) is 72.2 Å². The SMILES string of the molecule is CCCCCCCCCCN(CC(=O)[O-])CC(=O)[O-].[Na+].[Na+]. The second-order valence-electron chi connectivity index (χ2n) is 4.93. The number of hydrogen-bond donors (Lipinski definition) is 0. The molecule has 0 aliphatic carbocycles. The Morgan fingerprint density at radius 2 is 1.14 bits per heavy atom. The molecule has 0 saturated carbocycles. The van der Waals surface area contributed by atoms with E-state index in [9.17, 15) is 19.8 Å². The van der Waals surface area contributed by atoms with Crippen LogP contribution in [0.4, 0.5) is 0 Å². The second-order valence-corrected chi connectivity index (χ2v) is 4.93. The average molecular weight is 317 g/mol. The van der Waals surface area contributed by atoms with Gasteiger partial charge in [-0.25, -0.2) is 0 Å². The van der Waals surface area contributed by atoms with Crippen molar-refractivity contribution in [1.82, 2.24) is 4.90 Å². The molecule has 0 unspecified atom stereocenters. The third kappa shape index (κ3) is 20.9. The zero-order valence-corrected chi connectivity index (χ0v) is 17.9. The van der Waals surface area contributed by atoms with Crippen LogP contribution in [0.2, 0.25) is 0 Å². The molecule has 21 heavy (non-hydrogen) atoms. The van der Waals surface area contributed by atoms with E-state index in [4.69, 9.17) is 0 Å². The maximum absolute atomic E-state index is 10.5. The van der Waals surface area contributed by atoms with Crippen molar-refractivity contribution in [3.63, 3.8) is 0 Å². The van der Waals surface area contributed by atoms with Crippen LogP contribution in [-0.2, 0) is 9.59 Å². The molecule has 0 aromatic rings. The van der Waals surface area contributed by atoms with E-state index < -0.39 is 11.9 Å². The first-order valence-corrected chi connectivity index (χ1v) is 7.18. The van der Waals surface area contributed by atoms with Gasteiger partial charge in [0.05, 0.1) is 11.9 Å². The molecule has 0 saturated heterocycles. The Kier molecular flexibility index (Phi) is 24.2. The summed E-state index contributed by atoms with van der Waals surface area (Å²) >= 11 is 0. The van der Waals surface area contributed by atoms with E-state index in [1.807, 2.05) is 0 Å². The van der Waals surface area contributed by atoms with Gasteiger partial charge in [-0.05, 0) is 13.0 Å². The average Bonchev–Trinajstić information content (AvgIpc) is 2.30. The van der Waals surface area contributed by atoms with Gasteiger partial charge < -0.3 is 19.8 Å². The monoisotopic (exact) mass is 317 g/mol. The van der Waals surface area contributed by atoms with Gasteiger partial charge in [0, 0.05) is 13.1 Å². The van der Waals surface area contributed by atoms with Crippen LogP contribution in [0.15, 0.2) is 0 Å². The molecular weight excluding hydrogens is 292 g/mol. The van der Waals surface area contributed by atoms with Crippen molar-refractivity contribution < 1.29 is 78.9 Å². The Morgan fingerprint density at radius 3 is 1.52 bits per heavy atom. The molecule has 0 atom stereocenters. The van der Waals surface area contributed by atoms with Gasteiger partial charge in [0.2, 0.25) is 0 Å². The zero-order chi connectivity index (χ0) is 14.5. The summed E-state index contributed by atoms with van der Waals surface area (Å²) in [5, 5.41) is 20.9. The number of hydrogen-bond acceptors (Lipinski definition) is 5. The van der Waals surface area contributed by atoms with Crippen molar-refractivity contribution in [3.8, 4) is 0 Å². The molecule has 0 radical (unpaired) electrons. The van der Waals surface area contributed by atoms with Crippen molar-refractivity contribution in [2.75, 3.05) is 19.6 Å². The number of carbonyl (C=O) groups is 2. The van der Waals surface area contributed by atoms with Gasteiger partial charge in [-0.1, -0.05) is 51.9 Å². The van der Waals surface area contributed by atoms with Gasteiger partial charge >= 0.3 is 59.1 Å². The predicted octanol–water partition coefficient (Wildman–Crippen LogP) is -6.06. The van der Waals surface area contributed by atoms with E-state index in [2.05, 4.69) is 6.92 Å². The first-order chi connectivity index (χ1) is 9.06. The molecule has 0 aromatic heterocycles. The van der Waals surface area contributed by atoms with Crippen LogP contribution in [0, 0.1) is 0 Å². The quantitative estimate of drug-likeness (QED) is 0.249. The van der Waals surface area contributed by atoms with E-state index in [1.165, 1.54) is 37.0 Å². The molecule has 7 heteroatoms. The number of aliphatic carboxylic acids is 2. The summed E-state index contributed by atoms with van der Waals surface area (Å²) in [5.74, 6) is -2.50. The summed E-state index contributed by atoms with van der Waals surface area (Å²) in [6, 6.07) is 0. The maximum atomic E-state index is 10.5. The fourth-order valence-corrected chi connectivity index (χ4v) is 2.05. The minimum Gasteiger partial charge on any atom is -0.549 e. The summed E-state index contributed by atoms with van der Waals surface area (Å²) in [4.78, 5) is 22.3. The van der Waals surface area contributed by atoms with Crippen LogP contribution in [-0.4, -0.2) is 36.5 Å². The van der Waals surface area contributed by atoms with E-state index in [0.29, 0.717) is 6.54 Å². The summed E-state index contributed by atoms with van der Waals surface area (Å²) < 4.78 is 0. The van der Waals surface area contributed by atoms with Gasteiger partial charge in [0.25, 0.3) is 0 Å². The first-order valence-electron chi connectivity index (χ1n) is 7.18. The van der Waals surface area contributed by atoms with Gasteiger partial charge in [0.15, 0.2) is 0 Å². The summed E-state index contributed by atoms with van der Waals surface area (Å²) in [6.45, 7) is 1.97. The molecule has 0 fully saturated rings. The normalized spacial score (nSPS) is 9.81. The van der Waals surface area contributed by atoms with E-state index >= 15 is 0 Å². The van der Waals surface area contributed by atoms with Gasteiger partial charge in [-0.15, -0.1) is 0 Å². The van der Waals surface area contributed by atoms with Gasteiger partial charge in [0.1, 0.15) is 0 Å². The van der Waals surface area contributed by atoms with Gasteiger partial charge in [-0.3, -0.25) is 4.90 Å². The maximum Gasteiger partial charge on any atom is 1.00 e. The Labute approximate surface area is 172 Å². The Balaban J connectivity index is -0.00000162. The van der Waals surface area contributed by atoms with Crippen LogP contribution in [0.25, 0.3) is 0 Å². The second kappa shape index (κ2) is 18.9. The topological polar surface area (TPSA) is 83.5 Å². The minimum atomic E-state index is -1.25. The van der Waals surface area contributed by atoms with Crippen LogP contribution in [0.3, 0.4) is 0 Å². The Hall–Kier alpha value is 0.900. The first kappa shape index (κ1) is 26.8. The molecule has 0 heterocycles. The zero-order valence-electron chi connectivity index (χ0n) is 13.9. The van der Waals surface area contributed by atoms with Crippen LogP contribution < -0.4 is 69.3 Å². The molecule has 0 rings (SSSR count). The molecule has 0 aliphatic rings. The van der Waals surface area contributed by atoms with E-state index in [0.717, 1.165) is 19.3 Å². The van der Waals surface area contributed by atoms with Crippen LogP contribution in [0.1, 0.15) is 58.3 Å². The van der Waals surface area contributed by atoms with Crippen LogP contribution in [0.5, 0.6) is 0 Å². The van der Waals surface area contributed by atoms with Crippen molar-refractivity contribution >= 4 is 11.9 Å². The third-order valence-corrected chi connectivity index (χ3v) is 3.03. The van der Waals surface area contributed by atoms with Crippen molar-refractivity contribution in [1.29, 1.82) is 0 Å². The molecule has 0 amide bonds. The standard InChI is InChI=1S/C14H27NO4.2Na/c1-2-3-4-5-6-7-8-9-10-15(11-13(16)17)12-14(18)19;;/h2-12H2,1H3,(H,16,17)(H,18,19);;/q;2*+1/p-2. The number of rotatable bonds is 13. The molecule has 5 nitrogen and oxygen atoms in total. The molecule has 0 spiro atoms. The number of unbranched alkanes of at least 4 members (excludes halogenated alkanes) is 7. The summed E-state index contributed by atoms with van der Waals surface area (Å²) in [7, 11) is 0. The fourth-order valence-electron chi connectivity index (χ4n) is 2.05. The van der Waals surface area contributed by atoms with Crippen molar-refractivity contribution in [2.45, 2.75) is 58.3 Å². The summed E-state index contributed by atoms with van der Waals surface area (Å²) in [5.41, 5.74) is 0. The smallest absolute Gasteiger partial charge is 0.549 e. The minimum absolute atomic E-state index is 0. The third-order valence-electron chi connectivity index (χ3n) is 3.03. The Morgan fingerprint density at radius 1 is 0.762 bits per heavy atom. The summed E-state index contributed by atoms with van der Waals surface area (Å²) in [6.07, 6.45) is 9.17.